The van der Waals surface area contributed by atoms with E-state index in [1.807, 2.05) is 0 Å². The van der Waals surface area contributed by atoms with E-state index in [4.69, 9.17) is 10.5 Å². The van der Waals surface area contributed by atoms with E-state index in [9.17, 15) is 4.79 Å². The molecule has 1 aromatic rings. The van der Waals surface area contributed by atoms with Gasteiger partial charge in [-0.3, -0.25) is 4.79 Å². The average molecular weight is 223 g/mol. The first-order valence-electron chi connectivity index (χ1n) is 5.63. The van der Waals surface area contributed by atoms with Gasteiger partial charge in [0.2, 0.25) is 5.88 Å². The number of nitrogens with zero attached hydrogens (tertiary/aromatic N) is 1. The van der Waals surface area contributed by atoms with Crippen LogP contribution in [0.5, 0.6) is 5.88 Å². The topological polar surface area (TPSA) is 81.0 Å². The standard InChI is InChI=1S/C11H17N3O2/c1-7-13-10(15)5-11(14-7)16-9-4-2-3-8(9)6-12/h5,8-9H,2-4,6,12H2,1H3,(H,13,14,15). The first-order valence-corrected chi connectivity index (χ1v) is 5.63. The average Bonchev–Trinajstić information content (AvgIpc) is 2.63. The fourth-order valence-corrected chi connectivity index (χ4v) is 2.20. The van der Waals surface area contributed by atoms with Crippen molar-refractivity contribution in [1.29, 1.82) is 0 Å². The molecular formula is C11H17N3O2. The molecule has 1 aliphatic carbocycles. The molecule has 1 aliphatic rings. The smallest absolute Gasteiger partial charge is 0.254 e. The van der Waals surface area contributed by atoms with Gasteiger partial charge in [-0.25, -0.2) is 4.98 Å². The third-order valence-corrected chi connectivity index (χ3v) is 3.00. The van der Waals surface area contributed by atoms with E-state index in [1.54, 1.807) is 6.92 Å². The molecule has 0 radical (unpaired) electrons. The van der Waals surface area contributed by atoms with Crippen LogP contribution < -0.4 is 16.0 Å². The van der Waals surface area contributed by atoms with Gasteiger partial charge in [-0.2, -0.15) is 0 Å². The molecule has 1 fully saturated rings. The first kappa shape index (κ1) is 11.1. The number of aryl methyl sites for hydroxylation is 1. The number of hydrogen-bond donors (Lipinski definition) is 2. The molecule has 1 aromatic heterocycles. The van der Waals surface area contributed by atoms with Crippen LogP contribution in [0.2, 0.25) is 0 Å². The van der Waals surface area contributed by atoms with Gasteiger partial charge in [-0.15, -0.1) is 0 Å². The predicted octanol–water partition coefficient (Wildman–Crippen LogP) is 0.585. The van der Waals surface area contributed by atoms with E-state index in [0.717, 1.165) is 19.3 Å². The fraction of sp³-hybridized carbons (Fsp3) is 0.636. The van der Waals surface area contributed by atoms with Crippen LogP contribution in [0.1, 0.15) is 25.1 Å². The Morgan fingerprint density at radius 1 is 1.62 bits per heavy atom. The molecule has 0 saturated heterocycles. The number of H-pyrrole nitrogens is 1. The number of rotatable bonds is 3. The molecule has 2 atom stereocenters. The van der Waals surface area contributed by atoms with Crippen molar-refractivity contribution in [1.82, 2.24) is 9.97 Å². The van der Waals surface area contributed by atoms with Crippen molar-refractivity contribution < 1.29 is 4.74 Å². The summed E-state index contributed by atoms with van der Waals surface area (Å²) in [5.41, 5.74) is 5.49. The molecule has 0 amide bonds. The van der Waals surface area contributed by atoms with Gasteiger partial charge < -0.3 is 15.5 Å². The van der Waals surface area contributed by atoms with Crippen molar-refractivity contribution in [2.24, 2.45) is 11.7 Å². The van der Waals surface area contributed by atoms with E-state index in [2.05, 4.69) is 9.97 Å². The second kappa shape index (κ2) is 4.65. The Hall–Kier alpha value is -1.36. The van der Waals surface area contributed by atoms with Crippen molar-refractivity contribution in [3.05, 3.63) is 22.2 Å². The SMILES string of the molecule is Cc1nc(OC2CCCC2CN)cc(=O)[nH]1. The number of nitrogens with one attached hydrogen (secondary N) is 1. The van der Waals surface area contributed by atoms with Crippen molar-refractivity contribution in [3.8, 4) is 5.88 Å². The van der Waals surface area contributed by atoms with Gasteiger partial charge in [0, 0.05) is 5.92 Å². The maximum absolute atomic E-state index is 11.2. The Morgan fingerprint density at radius 2 is 2.44 bits per heavy atom. The lowest BCUT2D eigenvalue weighted by atomic mass is 10.1. The molecule has 2 rings (SSSR count). The third kappa shape index (κ3) is 2.41. The molecule has 5 heteroatoms. The monoisotopic (exact) mass is 223 g/mol. The highest BCUT2D eigenvalue weighted by atomic mass is 16.5. The van der Waals surface area contributed by atoms with E-state index in [0.29, 0.717) is 24.2 Å². The van der Waals surface area contributed by atoms with Gasteiger partial charge in [-0.1, -0.05) is 0 Å². The maximum Gasteiger partial charge on any atom is 0.254 e. The van der Waals surface area contributed by atoms with Crippen LogP contribution >= 0.6 is 0 Å². The second-order valence-corrected chi connectivity index (χ2v) is 4.25. The molecule has 88 valence electrons. The van der Waals surface area contributed by atoms with Crippen LogP contribution in [0.3, 0.4) is 0 Å². The van der Waals surface area contributed by atoms with Gasteiger partial charge in [0.25, 0.3) is 5.56 Å². The highest BCUT2D eigenvalue weighted by Crippen LogP contribution is 2.27. The molecule has 0 aromatic carbocycles. The van der Waals surface area contributed by atoms with E-state index in [1.165, 1.54) is 6.07 Å². The Morgan fingerprint density at radius 3 is 3.12 bits per heavy atom. The third-order valence-electron chi connectivity index (χ3n) is 3.00. The van der Waals surface area contributed by atoms with Crippen LogP contribution in [-0.2, 0) is 0 Å². The Kier molecular flexibility index (Phi) is 3.24. The number of aromatic nitrogens is 2. The van der Waals surface area contributed by atoms with Crippen LogP contribution in [0.15, 0.2) is 10.9 Å². The minimum Gasteiger partial charge on any atom is -0.474 e. The normalized spacial score (nSPS) is 24.6. The fourth-order valence-electron chi connectivity index (χ4n) is 2.20. The molecule has 1 saturated carbocycles. The summed E-state index contributed by atoms with van der Waals surface area (Å²) >= 11 is 0. The largest absolute Gasteiger partial charge is 0.474 e. The number of ether oxygens (including phenoxy) is 1. The zero-order valence-corrected chi connectivity index (χ0v) is 9.40. The summed E-state index contributed by atoms with van der Waals surface area (Å²) in [4.78, 5) is 18.0. The summed E-state index contributed by atoms with van der Waals surface area (Å²) in [7, 11) is 0. The van der Waals surface area contributed by atoms with Gasteiger partial charge in [0.1, 0.15) is 11.9 Å². The van der Waals surface area contributed by atoms with E-state index in [-0.39, 0.29) is 11.7 Å². The van der Waals surface area contributed by atoms with Crippen molar-refractivity contribution in [3.63, 3.8) is 0 Å². The summed E-state index contributed by atoms with van der Waals surface area (Å²) in [6.07, 6.45) is 3.34. The summed E-state index contributed by atoms with van der Waals surface area (Å²) in [5.74, 6) is 1.37. The minimum atomic E-state index is -0.176. The number of nitrogens with two attached hydrogens (primary N) is 1. The molecule has 5 nitrogen and oxygen atoms in total. The molecule has 3 N–H and O–H groups in total. The summed E-state index contributed by atoms with van der Waals surface area (Å²) in [5, 5.41) is 0. The second-order valence-electron chi connectivity index (χ2n) is 4.25. The van der Waals surface area contributed by atoms with E-state index >= 15 is 0 Å². The predicted molar refractivity (Wildman–Crippen MR) is 60.4 cm³/mol. The molecule has 16 heavy (non-hydrogen) atoms. The van der Waals surface area contributed by atoms with Gasteiger partial charge in [0.15, 0.2) is 0 Å². The van der Waals surface area contributed by atoms with Crippen LogP contribution in [0, 0.1) is 12.8 Å². The van der Waals surface area contributed by atoms with Crippen LogP contribution in [0.4, 0.5) is 0 Å². The highest BCUT2D eigenvalue weighted by Gasteiger charge is 2.28. The lowest BCUT2D eigenvalue weighted by molar-refractivity contribution is 0.155. The van der Waals surface area contributed by atoms with Crippen LogP contribution in [-0.4, -0.2) is 22.6 Å². The summed E-state index contributed by atoms with van der Waals surface area (Å²) in [6.45, 7) is 2.37. The lowest BCUT2D eigenvalue weighted by Crippen LogP contribution is -2.28. The Balaban J connectivity index is 2.11. The van der Waals surface area contributed by atoms with Gasteiger partial charge in [0.05, 0.1) is 6.07 Å². The molecule has 0 aliphatic heterocycles. The Labute approximate surface area is 94.0 Å². The lowest BCUT2D eigenvalue weighted by Gasteiger charge is -2.18. The zero-order chi connectivity index (χ0) is 11.5. The van der Waals surface area contributed by atoms with Gasteiger partial charge >= 0.3 is 0 Å². The molecule has 0 bridgehead atoms. The maximum atomic E-state index is 11.2. The van der Waals surface area contributed by atoms with Crippen molar-refractivity contribution in [2.75, 3.05) is 6.54 Å². The van der Waals surface area contributed by atoms with Crippen LogP contribution in [0.25, 0.3) is 0 Å². The molecule has 2 unspecified atom stereocenters. The minimum absolute atomic E-state index is 0.110. The summed E-state index contributed by atoms with van der Waals surface area (Å²) < 4.78 is 5.73. The number of aromatic amines is 1. The Bertz CT molecular complexity index is 416. The quantitative estimate of drug-likeness (QED) is 0.785. The highest BCUT2D eigenvalue weighted by molar-refractivity contribution is 5.09. The van der Waals surface area contributed by atoms with E-state index < -0.39 is 0 Å². The van der Waals surface area contributed by atoms with Crippen molar-refractivity contribution in [2.45, 2.75) is 32.3 Å². The molecular weight excluding hydrogens is 206 g/mol. The number of hydrogen-bond acceptors (Lipinski definition) is 4. The molecule has 1 heterocycles. The molecule has 0 spiro atoms. The first-order chi connectivity index (χ1) is 7.69. The van der Waals surface area contributed by atoms with Crippen molar-refractivity contribution >= 4 is 0 Å². The van der Waals surface area contributed by atoms with Gasteiger partial charge in [-0.05, 0) is 32.7 Å². The zero-order valence-electron chi connectivity index (χ0n) is 9.40. The summed E-state index contributed by atoms with van der Waals surface area (Å²) in [6, 6.07) is 1.39.